The first kappa shape index (κ1) is 20.6. The summed E-state index contributed by atoms with van der Waals surface area (Å²) >= 11 is 0. The van der Waals surface area contributed by atoms with Crippen LogP contribution in [0.5, 0.6) is 0 Å². The maximum absolute atomic E-state index is 14.1. The van der Waals surface area contributed by atoms with Gasteiger partial charge in [-0.15, -0.1) is 5.10 Å². The van der Waals surface area contributed by atoms with Gasteiger partial charge in [0.2, 0.25) is 11.8 Å². The molecule has 1 unspecified atom stereocenters. The number of anilines is 1. The largest absolute Gasteiger partial charge is 0.354 e. The maximum Gasteiger partial charge on any atom is 0.252 e. The predicted octanol–water partition coefficient (Wildman–Crippen LogP) is -0.453. The monoisotopic (exact) mass is 405 g/mol. The third kappa shape index (κ3) is 6.21. The second kappa shape index (κ2) is 9.41. The van der Waals surface area contributed by atoms with Gasteiger partial charge in [-0.25, -0.2) is 9.07 Å². The van der Waals surface area contributed by atoms with Gasteiger partial charge in [-0.3, -0.25) is 19.3 Å². The summed E-state index contributed by atoms with van der Waals surface area (Å²) in [6.45, 7) is 3.42. The topological polar surface area (TPSA) is 114 Å². The molecule has 1 saturated heterocycles. The number of aromatic nitrogens is 4. The first-order valence-corrected chi connectivity index (χ1v) is 9.39. The van der Waals surface area contributed by atoms with Crippen molar-refractivity contribution >= 4 is 17.5 Å². The van der Waals surface area contributed by atoms with Gasteiger partial charge in [-0.2, -0.15) is 0 Å². The highest BCUT2D eigenvalue weighted by Crippen LogP contribution is 2.07. The van der Waals surface area contributed by atoms with E-state index in [4.69, 9.17) is 0 Å². The van der Waals surface area contributed by atoms with Crippen LogP contribution < -0.4 is 16.2 Å². The zero-order chi connectivity index (χ0) is 20.8. The van der Waals surface area contributed by atoms with E-state index in [9.17, 15) is 18.8 Å². The Bertz CT molecular complexity index is 926. The number of carbonyl (C=O) groups is 2. The van der Waals surface area contributed by atoms with E-state index >= 15 is 0 Å². The average molecular weight is 405 g/mol. The van der Waals surface area contributed by atoms with Crippen LogP contribution in [0.4, 0.5) is 10.1 Å². The van der Waals surface area contributed by atoms with Crippen molar-refractivity contribution in [1.29, 1.82) is 0 Å². The highest BCUT2D eigenvalue weighted by Gasteiger charge is 2.18. The molecule has 1 aliphatic heterocycles. The summed E-state index contributed by atoms with van der Waals surface area (Å²) in [5.74, 6) is -0.416. The van der Waals surface area contributed by atoms with Crippen LogP contribution in [0.15, 0.2) is 29.3 Å². The molecule has 0 radical (unpaired) electrons. The van der Waals surface area contributed by atoms with Crippen molar-refractivity contribution < 1.29 is 14.0 Å². The van der Waals surface area contributed by atoms with E-state index in [1.54, 1.807) is 24.1 Å². The molecule has 0 aromatic carbocycles. The van der Waals surface area contributed by atoms with E-state index in [1.807, 2.05) is 0 Å². The zero-order valence-electron chi connectivity index (χ0n) is 16.2. The number of carbonyl (C=O) groups excluding carboxylic acids is 2. The lowest BCUT2D eigenvalue weighted by molar-refractivity contribution is -0.125. The number of nitrogens with one attached hydrogen (secondary N) is 2. The summed E-state index contributed by atoms with van der Waals surface area (Å²) in [4.78, 5) is 37.4. The fourth-order valence-corrected chi connectivity index (χ4v) is 3.06. The van der Waals surface area contributed by atoms with Crippen LogP contribution in [-0.4, -0.2) is 68.6 Å². The Morgan fingerprint density at radius 3 is 2.93 bits per heavy atom. The van der Waals surface area contributed by atoms with Gasteiger partial charge in [-0.1, -0.05) is 5.21 Å². The normalized spacial score (nSPS) is 15.7. The maximum atomic E-state index is 14.1. The first-order chi connectivity index (χ1) is 13.9. The Balaban J connectivity index is 1.48. The molecule has 0 saturated carbocycles. The quantitative estimate of drug-likeness (QED) is 0.615. The van der Waals surface area contributed by atoms with Gasteiger partial charge in [0.15, 0.2) is 0 Å². The molecule has 11 heteroatoms. The van der Waals surface area contributed by atoms with Crippen LogP contribution in [0, 0.1) is 6.92 Å². The first-order valence-electron chi connectivity index (χ1n) is 9.39. The van der Waals surface area contributed by atoms with Gasteiger partial charge >= 0.3 is 0 Å². The zero-order valence-corrected chi connectivity index (χ0v) is 16.2. The van der Waals surface area contributed by atoms with E-state index in [2.05, 4.69) is 20.9 Å². The molecule has 156 valence electrons. The number of alkyl halides is 1. The molecule has 0 spiro atoms. The smallest absolute Gasteiger partial charge is 0.252 e. The number of pyridine rings is 1. The number of aryl methyl sites for hydroxylation is 2. The SMILES string of the molecule is Cc1cn(CC(F)CCn2ccc(NC(=O)CN3CCNC(=O)C3)cc2=O)nn1. The van der Waals surface area contributed by atoms with Gasteiger partial charge in [-0.05, 0) is 19.4 Å². The number of nitrogens with zero attached hydrogens (tertiary/aromatic N) is 5. The number of piperazine rings is 1. The molecular weight excluding hydrogens is 381 g/mol. The summed E-state index contributed by atoms with van der Waals surface area (Å²) in [5, 5.41) is 13.0. The van der Waals surface area contributed by atoms with E-state index in [1.165, 1.54) is 21.5 Å². The molecule has 2 N–H and O–H groups in total. The predicted molar refractivity (Wildman–Crippen MR) is 103 cm³/mol. The van der Waals surface area contributed by atoms with Crippen LogP contribution >= 0.6 is 0 Å². The summed E-state index contributed by atoms with van der Waals surface area (Å²) in [5.41, 5.74) is 0.756. The second-order valence-electron chi connectivity index (χ2n) is 7.02. The summed E-state index contributed by atoms with van der Waals surface area (Å²) in [7, 11) is 0. The molecule has 1 fully saturated rings. The standard InChI is InChI=1S/C18H24FN7O3/c1-13-9-26(23-22-13)10-14(19)2-5-25-6-3-15(8-18(25)29)21-17(28)12-24-7-4-20-16(27)11-24/h3,6,8-9,14H,2,4-5,7,10-12H2,1H3,(H,20,27)(H,21,28). The molecule has 2 amide bonds. The lowest BCUT2D eigenvalue weighted by Crippen LogP contribution is -2.49. The van der Waals surface area contributed by atoms with Crippen molar-refractivity contribution in [3.63, 3.8) is 0 Å². The molecule has 3 rings (SSSR count). The van der Waals surface area contributed by atoms with E-state index in [0.29, 0.717) is 18.8 Å². The molecule has 1 aliphatic rings. The number of rotatable bonds is 8. The molecule has 2 aromatic rings. The van der Waals surface area contributed by atoms with Crippen molar-refractivity contribution in [3.8, 4) is 0 Å². The molecule has 3 heterocycles. The van der Waals surface area contributed by atoms with Crippen LogP contribution in [0.2, 0.25) is 0 Å². The van der Waals surface area contributed by atoms with Gasteiger partial charge < -0.3 is 15.2 Å². The van der Waals surface area contributed by atoms with Crippen molar-refractivity contribution in [3.05, 3.63) is 40.6 Å². The summed E-state index contributed by atoms with van der Waals surface area (Å²) in [6.07, 6.45) is 2.18. The molecule has 0 aliphatic carbocycles. The third-order valence-electron chi connectivity index (χ3n) is 4.49. The molecular formula is C18H24FN7O3. The Hall–Kier alpha value is -3.08. The van der Waals surface area contributed by atoms with Crippen LogP contribution in [0.1, 0.15) is 12.1 Å². The second-order valence-corrected chi connectivity index (χ2v) is 7.02. The number of halogens is 1. The minimum Gasteiger partial charge on any atom is -0.354 e. The minimum absolute atomic E-state index is 0.0712. The lowest BCUT2D eigenvalue weighted by atomic mass is 10.2. The van der Waals surface area contributed by atoms with Crippen LogP contribution in [0.25, 0.3) is 0 Å². The Kier molecular flexibility index (Phi) is 6.70. The van der Waals surface area contributed by atoms with Crippen molar-refractivity contribution in [1.82, 2.24) is 29.8 Å². The minimum atomic E-state index is -1.16. The van der Waals surface area contributed by atoms with Gasteiger partial charge in [0.25, 0.3) is 5.56 Å². The van der Waals surface area contributed by atoms with Gasteiger partial charge in [0, 0.05) is 43.8 Å². The van der Waals surface area contributed by atoms with Crippen LogP contribution in [-0.2, 0) is 22.7 Å². The van der Waals surface area contributed by atoms with Gasteiger partial charge in [0.1, 0.15) is 6.17 Å². The number of hydrogen-bond acceptors (Lipinski definition) is 6. The summed E-state index contributed by atoms with van der Waals surface area (Å²) in [6, 6.07) is 2.89. The van der Waals surface area contributed by atoms with Gasteiger partial charge in [0.05, 0.1) is 25.3 Å². The van der Waals surface area contributed by atoms with Crippen molar-refractivity contribution in [2.75, 3.05) is 31.5 Å². The van der Waals surface area contributed by atoms with E-state index in [-0.39, 0.29) is 50.0 Å². The average Bonchev–Trinajstić information content (AvgIpc) is 3.05. The molecule has 1 atom stereocenters. The van der Waals surface area contributed by atoms with E-state index < -0.39 is 6.17 Å². The number of amides is 2. The van der Waals surface area contributed by atoms with Crippen LogP contribution in [0.3, 0.4) is 0 Å². The van der Waals surface area contributed by atoms with Crippen molar-refractivity contribution in [2.24, 2.45) is 0 Å². The highest BCUT2D eigenvalue weighted by molar-refractivity contribution is 5.92. The van der Waals surface area contributed by atoms with Crippen molar-refractivity contribution in [2.45, 2.75) is 32.6 Å². The molecule has 10 nitrogen and oxygen atoms in total. The Morgan fingerprint density at radius 1 is 1.41 bits per heavy atom. The fraction of sp³-hybridized carbons (Fsp3) is 0.500. The lowest BCUT2D eigenvalue weighted by Gasteiger charge is -2.25. The fourth-order valence-electron chi connectivity index (χ4n) is 3.06. The molecule has 2 aromatic heterocycles. The third-order valence-corrected chi connectivity index (χ3v) is 4.49. The Morgan fingerprint density at radius 2 is 2.24 bits per heavy atom. The molecule has 0 bridgehead atoms. The summed E-state index contributed by atoms with van der Waals surface area (Å²) < 4.78 is 17.0. The molecule has 29 heavy (non-hydrogen) atoms. The highest BCUT2D eigenvalue weighted by atomic mass is 19.1. The Labute approximate surface area is 166 Å². The van der Waals surface area contributed by atoms with E-state index in [0.717, 1.165) is 5.69 Å². The number of hydrogen-bond donors (Lipinski definition) is 2.